The number of hydrogen-bond donors (Lipinski definition) is 1. The minimum absolute atomic E-state index is 0.0351. The quantitative estimate of drug-likeness (QED) is 0.888. The zero-order valence-electron chi connectivity index (χ0n) is 14.0. The third-order valence-corrected chi connectivity index (χ3v) is 6.00. The molecule has 1 aliphatic rings. The molecule has 1 aliphatic heterocycles. The highest BCUT2D eigenvalue weighted by atomic mass is 32.2. The third kappa shape index (κ3) is 3.45. The van der Waals surface area contributed by atoms with Gasteiger partial charge in [0.25, 0.3) is 10.0 Å². The Morgan fingerprint density at radius 1 is 1.12 bits per heavy atom. The molecule has 0 saturated carbocycles. The fourth-order valence-corrected chi connectivity index (χ4v) is 4.39. The number of nitrogens with zero attached hydrogens (tertiary/aromatic N) is 1. The summed E-state index contributed by atoms with van der Waals surface area (Å²) >= 11 is 0. The van der Waals surface area contributed by atoms with Gasteiger partial charge in [-0.05, 0) is 49.7 Å². The average Bonchev–Trinajstić information content (AvgIpc) is 3.00. The van der Waals surface area contributed by atoms with E-state index in [9.17, 15) is 22.4 Å². The lowest BCUT2D eigenvalue weighted by atomic mass is 10.2. The van der Waals surface area contributed by atoms with Gasteiger partial charge in [-0.1, -0.05) is 17.7 Å². The number of benzene rings is 2. The number of carbonyl (C=O) groups excluding carboxylic acids is 2. The van der Waals surface area contributed by atoms with Crippen LogP contribution >= 0.6 is 0 Å². The number of nitrogens with one attached hydrogen (secondary N) is 1. The largest absolute Gasteiger partial charge is 0.324 e. The SMILES string of the molecule is Cc1ccc(S(=O)(=O)N2C(=O)CCC2C(=O)Nc2ccc(F)cc2)cc1. The van der Waals surface area contributed by atoms with E-state index in [4.69, 9.17) is 0 Å². The van der Waals surface area contributed by atoms with Crippen molar-refractivity contribution in [2.45, 2.75) is 30.7 Å². The number of hydrogen-bond acceptors (Lipinski definition) is 4. The zero-order valence-corrected chi connectivity index (χ0v) is 14.8. The lowest BCUT2D eigenvalue weighted by Crippen LogP contribution is -2.45. The molecular formula is C18H17FN2O4S. The van der Waals surface area contributed by atoms with Gasteiger partial charge in [-0.3, -0.25) is 9.59 Å². The van der Waals surface area contributed by atoms with E-state index in [1.165, 1.54) is 36.4 Å². The summed E-state index contributed by atoms with van der Waals surface area (Å²) in [5.74, 6) is -1.70. The van der Waals surface area contributed by atoms with Crippen molar-refractivity contribution >= 4 is 27.5 Å². The van der Waals surface area contributed by atoms with Crippen LogP contribution in [0, 0.1) is 12.7 Å². The molecule has 1 fully saturated rings. The van der Waals surface area contributed by atoms with Gasteiger partial charge in [0.05, 0.1) is 4.90 Å². The van der Waals surface area contributed by atoms with Crippen LogP contribution in [0.5, 0.6) is 0 Å². The molecule has 1 unspecified atom stereocenters. The number of carbonyl (C=O) groups is 2. The predicted molar refractivity (Wildman–Crippen MR) is 93.3 cm³/mol. The molecule has 2 aromatic rings. The van der Waals surface area contributed by atoms with Gasteiger partial charge in [0, 0.05) is 12.1 Å². The van der Waals surface area contributed by atoms with Gasteiger partial charge in [0.2, 0.25) is 11.8 Å². The Labute approximate surface area is 150 Å². The van der Waals surface area contributed by atoms with E-state index in [2.05, 4.69) is 5.32 Å². The molecule has 1 N–H and O–H groups in total. The van der Waals surface area contributed by atoms with Gasteiger partial charge in [0.1, 0.15) is 11.9 Å². The van der Waals surface area contributed by atoms with Gasteiger partial charge < -0.3 is 5.32 Å². The lowest BCUT2D eigenvalue weighted by molar-refractivity contribution is -0.128. The van der Waals surface area contributed by atoms with E-state index in [-0.39, 0.29) is 17.7 Å². The second kappa shape index (κ2) is 6.87. The summed E-state index contributed by atoms with van der Waals surface area (Å²) in [5, 5.41) is 2.53. The predicted octanol–water partition coefficient (Wildman–Crippen LogP) is 2.45. The Balaban J connectivity index is 1.87. The van der Waals surface area contributed by atoms with E-state index < -0.39 is 33.7 Å². The summed E-state index contributed by atoms with van der Waals surface area (Å²) in [4.78, 5) is 24.7. The summed E-state index contributed by atoms with van der Waals surface area (Å²) in [6.07, 6.45) is 0.0591. The first-order chi connectivity index (χ1) is 12.3. The van der Waals surface area contributed by atoms with Gasteiger partial charge in [-0.2, -0.15) is 0 Å². The van der Waals surface area contributed by atoms with Crippen molar-refractivity contribution in [2.24, 2.45) is 0 Å². The van der Waals surface area contributed by atoms with Crippen LogP contribution in [0.4, 0.5) is 10.1 Å². The molecule has 0 aliphatic carbocycles. The van der Waals surface area contributed by atoms with Crippen molar-refractivity contribution in [2.75, 3.05) is 5.32 Å². The Hall–Kier alpha value is -2.74. The fourth-order valence-electron chi connectivity index (χ4n) is 2.78. The average molecular weight is 376 g/mol. The van der Waals surface area contributed by atoms with E-state index >= 15 is 0 Å². The van der Waals surface area contributed by atoms with Crippen molar-refractivity contribution in [1.82, 2.24) is 4.31 Å². The Morgan fingerprint density at radius 3 is 2.35 bits per heavy atom. The Morgan fingerprint density at radius 2 is 1.73 bits per heavy atom. The smallest absolute Gasteiger partial charge is 0.267 e. The molecule has 2 amide bonds. The summed E-state index contributed by atoms with van der Waals surface area (Å²) in [6.45, 7) is 1.82. The molecule has 0 aromatic heterocycles. The Bertz CT molecular complexity index is 940. The fraction of sp³-hybridized carbons (Fsp3) is 0.222. The second-order valence-corrected chi connectivity index (χ2v) is 7.87. The minimum Gasteiger partial charge on any atom is -0.324 e. The highest BCUT2D eigenvalue weighted by molar-refractivity contribution is 7.89. The van der Waals surface area contributed by atoms with Crippen LogP contribution in [0.25, 0.3) is 0 Å². The number of anilines is 1. The second-order valence-electron chi connectivity index (χ2n) is 6.06. The van der Waals surface area contributed by atoms with Gasteiger partial charge in [-0.25, -0.2) is 17.1 Å². The molecular weight excluding hydrogens is 359 g/mol. The highest BCUT2D eigenvalue weighted by Crippen LogP contribution is 2.28. The maximum atomic E-state index is 13.0. The number of amides is 2. The molecule has 136 valence electrons. The van der Waals surface area contributed by atoms with Crippen LogP contribution in [-0.4, -0.2) is 30.6 Å². The van der Waals surface area contributed by atoms with Crippen molar-refractivity contribution in [1.29, 1.82) is 0 Å². The van der Waals surface area contributed by atoms with Crippen LogP contribution in [0.1, 0.15) is 18.4 Å². The van der Waals surface area contributed by atoms with Crippen LogP contribution in [0.2, 0.25) is 0 Å². The van der Waals surface area contributed by atoms with Crippen molar-refractivity contribution in [3.63, 3.8) is 0 Å². The molecule has 3 rings (SSSR count). The number of rotatable bonds is 4. The molecule has 2 aromatic carbocycles. The molecule has 0 radical (unpaired) electrons. The van der Waals surface area contributed by atoms with E-state index in [0.29, 0.717) is 9.99 Å². The van der Waals surface area contributed by atoms with Crippen molar-refractivity contribution in [3.8, 4) is 0 Å². The molecule has 6 nitrogen and oxygen atoms in total. The normalized spacial score (nSPS) is 17.4. The minimum atomic E-state index is -4.13. The van der Waals surface area contributed by atoms with Crippen LogP contribution in [0.3, 0.4) is 0 Å². The van der Waals surface area contributed by atoms with Gasteiger partial charge >= 0.3 is 0 Å². The maximum Gasteiger partial charge on any atom is 0.267 e. The lowest BCUT2D eigenvalue weighted by Gasteiger charge is -2.23. The van der Waals surface area contributed by atoms with Crippen LogP contribution in [-0.2, 0) is 19.6 Å². The molecule has 8 heteroatoms. The summed E-state index contributed by atoms with van der Waals surface area (Å²) in [6, 6.07) is 10.0. The molecule has 26 heavy (non-hydrogen) atoms. The van der Waals surface area contributed by atoms with Crippen LogP contribution < -0.4 is 5.32 Å². The molecule has 0 bridgehead atoms. The standard InChI is InChI=1S/C18H17FN2O4S/c1-12-2-8-15(9-3-12)26(24,25)21-16(10-11-17(21)22)18(23)20-14-6-4-13(19)5-7-14/h2-9,16H,10-11H2,1H3,(H,20,23). The monoisotopic (exact) mass is 376 g/mol. The van der Waals surface area contributed by atoms with Crippen LogP contribution in [0.15, 0.2) is 53.4 Å². The number of halogens is 1. The first-order valence-corrected chi connectivity index (χ1v) is 9.43. The molecule has 1 atom stereocenters. The number of aryl methyl sites for hydroxylation is 1. The van der Waals surface area contributed by atoms with Gasteiger partial charge in [0.15, 0.2) is 0 Å². The summed E-state index contributed by atoms with van der Waals surface area (Å²) in [5.41, 5.74) is 1.20. The molecule has 1 saturated heterocycles. The Kier molecular flexibility index (Phi) is 4.78. The third-order valence-electron chi connectivity index (χ3n) is 4.15. The van der Waals surface area contributed by atoms with E-state index in [0.717, 1.165) is 5.56 Å². The zero-order chi connectivity index (χ0) is 18.9. The topological polar surface area (TPSA) is 83.6 Å². The number of sulfonamides is 1. The van der Waals surface area contributed by atoms with E-state index in [1.54, 1.807) is 12.1 Å². The molecule has 0 spiro atoms. The highest BCUT2D eigenvalue weighted by Gasteiger charge is 2.44. The summed E-state index contributed by atoms with van der Waals surface area (Å²) < 4.78 is 39.3. The first kappa shape index (κ1) is 18.1. The maximum absolute atomic E-state index is 13.0. The molecule has 1 heterocycles. The van der Waals surface area contributed by atoms with Gasteiger partial charge in [-0.15, -0.1) is 0 Å². The van der Waals surface area contributed by atoms with Crippen molar-refractivity contribution < 1.29 is 22.4 Å². The van der Waals surface area contributed by atoms with Crippen molar-refractivity contribution in [3.05, 3.63) is 59.9 Å². The first-order valence-electron chi connectivity index (χ1n) is 7.99. The summed E-state index contributed by atoms with van der Waals surface area (Å²) in [7, 11) is -4.13. The van der Waals surface area contributed by atoms with E-state index in [1.807, 2.05) is 6.92 Å².